The lowest BCUT2D eigenvalue weighted by Gasteiger charge is -2.17. The first-order valence-electron chi connectivity index (χ1n) is 8.31. The second kappa shape index (κ2) is 7.53. The van der Waals surface area contributed by atoms with Crippen molar-refractivity contribution in [3.63, 3.8) is 0 Å². The third kappa shape index (κ3) is 4.28. The van der Waals surface area contributed by atoms with Crippen LogP contribution in [0.2, 0.25) is 0 Å². The molecule has 3 aromatic rings. The smallest absolute Gasteiger partial charge is 0.146 e. The number of benzene rings is 1. The molecule has 0 saturated carbocycles. The van der Waals surface area contributed by atoms with Crippen LogP contribution in [0, 0.1) is 13.8 Å². The topological polar surface area (TPSA) is 56.3 Å². The lowest BCUT2D eigenvalue weighted by atomic mass is 10.1. The fraction of sp³-hybridized carbons (Fsp3) is 0.368. The second-order valence-corrected chi connectivity index (χ2v) is 6.36. The molecule has 132 valence electrons. The van der Waals surface area contributed by atoms with E-state index in [1.54, 1.807) is 6.20 Å². The quantitative estimate of drug-likeness (QED) is 0.661. The van der Waals surface area contributed by atoms with E-state index in [1.807, 2.05) is 43.8 Å². The van der Waals surface area contributed by atoms with E-state index >= 15 is 0 Å². The molecule has 3 rings (SSSR count). The maximum absolute atomic E-state index is 5.79. The van der Waals surface area contributed by atoms with Gasteiger partial charge in [0.1, 0.15) is 23.9 Å². The molecule has 0 radical (unpaired) electrons. The van der Waals surface area contributed by atoms with E-state index < -0.39 is 0 Å². The maximum atomic E-state index is 5.79. The van der Waals surface area contributed by atoms with E-state index in [2.05, 4.69) is 34.2 Å². The molecule has 0 aliphatic heterocycles. The summed E-state index contributed by atoms with van der Waals surface area (Å²) in [5.74, 6) is 2.64. The molecular weight excluding hydrogens is 316 g/mol. The number of ether oxygens (including phenoxy) is 1. The van der Waals surface area contributed by atoms with Gasteiger partial charge in [-0.15, -0.1) is 0 Å². The molecule has 0 unspecified atom stereocenters. The van der Waals surface area contributed by atoms with Crippen molar-refractivity contribution in [3.05, 3.63) is 65.1 Å². The zero-order chi connectivity index (χ0) is 17.8. The fourth-order valence-electron chi connectivity index (χ4n) is 2.74. The first-order chi connectivity index (χ1) is 12.0. The van der Waals surface area contributed by atoms with Crippen molar-refractivity contribution in [1.82, 2.24) is 19.6 Å². The number of rotatable bonds is 7. The minimum atomic E-state index is 0.467. The largest absolute Gasteiger partial charge is 0.486 e. The van der Waals surface area contributed by atoms with Crippen LogP contribution < -0.4 is 4.74 Å². The van der Waals surface area contributed by atoms with Crippen LogP contribution in [-0.4, -0.2) is 26.7 Å². The molecule has 0 fully saturated rings. The van der Waals surface area contributed by atoms with Crippen molar-refractivity contribution in [2.75, 3.05) is 7.05 Å². The highest BCUT2D eigenvalue weighted by Gasteiger charge is 2.11. The molecule has 2 aromatic heterocycles. The molecule has 0 aliphatic carbocycles. The summed E-state index contributed by atoms with van der Waals surface area (Å²) < 4.78 is 13.0. The summed E-state index contributed by atoms with van der Waals surface area (Å²) in [6, 6.07) is 8.19. The predicted molar refractivity (Wildman–Crippen MR) is 95.1 cm³/mol. The van der Waals surface area contributed by atoms with Gasteiger partial charge < -0.3 is 13.8 Å². The van der Waals surface area contributed by atoms with Crippen molar-refractivity contribution in [2.45, 2.75) is 33.5 Å². The summed E-state index contributed by atoms with van der Waals surface area (Å²) in [5, 5.41) is 4.01. The van der Waals surface area contributed by atoms with Crippen molar-refractivity contribution in [1.29, 1.82) is 0 Å². The van der Waals surface area contributed by atoms with E-state index in [0.717, 1.165) is 41.7 Å². The summed E-state index contributed by atoms with van der Waals surface area (Å²) in [4.78, 5) is 6.50. The lowest BCUT2D eigenvalue weighted by Crippen LogP contribution is -2.18. The maximum Gasteiger partial charge on any atom is 0.146 e. The average molecular weight is 340 g/mol. The van der Waals surface area contributed by atoms with Gasteiger partial charge in [-0.1, -0.05) is 17.3 Å². The molecule has 1 aromatic carbocycles. The van der Waals surface area contributed by atoms with Crippen LogP contribution in [0.5, 0.6) is 5.75 Å². The highest BCUT2D eigenvalue weighted by molar-refractivity contribution is 5.27. The van der Waals surface area contributed by atoms with Crippen LogP contribution in [0.3, 0.4) is 0 Å². The van der Waals surface area contributed by atoms with Crippen LogP contribution in [0.4, 0.5) is 0 Å². The molecule has 6 heteroatoms. The molecule has 25 heavy (non-hydrogen) atoms. The minimum absolute atomic E-state index is 0.467. The Balaban J connectivity index is 1.54. The van der Waals surface area contributed by atoms with Gasteiger partial charge in [-0.2, -0.15) is 0 Å². The first-order valence-corrected chi connectivity index (χ1v) is 8.31. The Morgan fingerprint density at radius 1 is 1.16 bits per heavy atom. The van der Waals surface area contributed by atoms with Gasteiger partial charge in [-0.05, 0) is 38.6 Å². The highest BCUT2D eigenvalue weighted by atomic mass is 16.5. The van der Waals surface area contributed by atoms with Crippen molar-refractivity contribution < 1.29 is 9.26 Å². The van der Waals surface area contributed by atoms with Gasteiger partial charge in [0.05, 0.1) is 5.69 Å². The van der Waals surface area contributed by atoms with Gasteiger partial charge in [0.25, 0.3) is 0 Å². The molecule has 2 heterocycles. The highest BCUT2D eigenvalue weighted by Crippen LogP contribution is 2.18. The van der Waals surface area contributed by atoms with Crippen molar-refractivity contribution >= 4 is 0 Å². The van der Waals surface area contributed by atoms with Crippen LogP contribution in [0.15, 0.2) is 41.2 Å². The van der Waals surface area contributed by atoms with Crippen LogP contribution in [0.1, 0.15) is 28.4 Å². The standard InChI is InChI=1S/C19H24N4O2/c1-14-18(15(2)25-21-14)12-22(3)11-16-5-7-17(8-6-16)24-13-19-20-9-10-23(19)4/h5-10H,11-13H2,1-4H3. The molecule has 0 spiro atoms. The zero-order valence-corrected chi connectivity index (χ0v) is 15.2. The van der Waals surface area contributed by atoms with E-state index in [-0.39, 0.29) is 0 Å². The third-order valence-corrected chi connectivity index (χ3v) is 4.27. The molecule has 0 bridgehead atoms. The number of aryl methyl sites for hydroxylation is 3. The number of hydrogen-bond acceptors (Lipinski definition) is 5. The van der Waals surface area contributed by atoms with Crippen LogP contribution in [-0.2, 0) is 26.7 Å². The Morgan fingerprint density at radius 2 is 1.92 bits per heavy atom. The monoisotopic (exact) mass is 340 g/mol. The van der Waals surface area contributed by atoms with Gasteiger partial charge in [-0.3, -0.25) is 4.90 Å². The molecule has 0 N–H and O–H groups in total. The molecule has 6 nitrogen and oxygen atoms in total. The van der Waals surface area contributed by atoms with Gasteiger partial charge >= 0.3 is 0 Å². The van der Waals surface area contributed by atoms with E-state index in [0.29, 0.717) is 6.61 Å². The number of nitrogens with zero attached hydrogens (tertiary/aromatic N) is 4. The molecule has 0 saturated heterocycles. The van der Waals surface area contributed by atoms with Crippen molar-refractivity contribution in [2.24, 2.45) is 7.05 Å². The Morgan fingerprint density at radius 3 is 2.52 bits per heavy atom. The minimum Gasteiger partial charge on any atom is -0.486 e. The Bertz CT molecular complexity index is 801. The molecule has 0 aliphatic rings. The Labute approximate surface area is 148 Å². The number of imidazole rings is 1. The normalized spacial score (nSPS) is 11.2. The van der Waals surface area contributed by atoms with Crippen LogP contribution >= 0.6 is 0 Å². The summed E-state index contributed by atoms with van der Waals surface area (Å²) >= 11 is 0. The van der Waals surface area contributed by atoms with E-state index in [9.17, 15) is 0 Å². The second-order valence-electron chi connectivity index (χ2n) is 6.36. The van der Waals surface area contributed by atoms with Crippen molar-refractivity contribution in [3.8, 4) is 5.75 Å². The summed E-state index contributed by atoms with van der Waals surface area (Å²) in [6.07, 6.45) is 3.69. The number of aromatic nitrogens is 3. The zero-order valence-electron chi connectivity index (χ0n) is 15.2. The molecule has 0 amide bonds. The average Bonchev–Trinajstić information content (AvgIpc) is 3.14. The van der Waals surface area contributed by atoms with E-state index in [1.165, 1.54) is 5.56 Å². The Hall–Kier alpha value is -2.60. The first kappa shape index (κ1) is 17.2. The summed E-state index contributed by atoms with van der Waals surface area (Å²) in [5.41, 5.74) is 3.36. The van der Waals surface area contributed by atoms with Gasteiger partial charge in [0.15, 0.2) is 0 Å². The van der Waals surface area contributed by atoms with Crippen LogP contribution in [0.25, 0.3) is 0 Å². The van der Waals surface area contributed by atoms with E-state index in [4.69, 9.17) is 9.26 Å². The SMILES string of the molecule is Cc1noc(C)c1CN(C)Cc1ccc(OCc2nccn2C)cc1. The summed E-state index contributed by atoms with van der Waals surface area (Å²) in [7, 11) is 4.06. The molecular formula is C19H24N4O2. The summed E-state index contributed by atoms with van der Waals surface area (Å²) in [6.45, 7) is 6.07. The molecule has 0 atom stereocenters. The number of hydrogen-bond donors (Lipinski definition) is 0. The van der Waals surface area contributed by atoms with Gasteiger partial charge in [-0.25, -0.2) is 4.98 Å². The third-order valence-electron chi connectivity index (χ3n) is 4.27. The predicted octanol–water partition coefficient (Wildman–Crippen LogP) is 3.24. The Kier molecular flexibility index (Phi) is 5.19. The van der Waals surface area contributed by atoms with Gasteiger partial charge in [0, 0.05) is 38.1 Å². The lowest BCUT2D eigenvalue weighted by molar-refractivity contribution is 0.291. The fourth-order valence-corrected chi connectivity index (χ4v) is 2.74. The van der Waals surface area contributed by atoms with Gasteiger partial charge in [0.2, 0.25) is 0 Å².